The van der Waals surface area contributed by atoms with Crippen LogP contribution >= 0.6 is 11.6 Å². The minimum atomic E-state index is -1.36. The number of benzene rings is 2. The van der Waals surface area contributed by atoms with E-state index in [1.807, 2.05) is 19.9 Å². The van der Waals surface area contributed by atoms with Crippen LogP contribution in [0.5, 0.6) is 0 Å². The van der Waals surface area contributed by atoms with Gasteiger partial charge < -0.3 is 10.8 Å². The summed E-state index contributed by atoms with van der Waals surface area (Å²) in [6.45, 7) is 3.73. The van der Waals surface area contributed by atoms with Crippen molar-refractivity contribution in [2.75, 3.05) is 5.73 Å². The third kappa shape index (κ3) is 2.24. The van der Waals surface area contributed by atoms with Crippen molar-refractivity contribution in [1.29, 1.82) is 0 Å². The molecule has 1 atom stereocenters. The van der Waals surface area contributed by atoms with E-state index in [4.69, 9.17) is 17.3 Å². The van der Waals surface area contributed by atoms with Crippen molar-refractivity contribution in [2.45, 2.75) is 19.4 Å². The minimum absolute atomic E-state index is 0.263. The second-order valence-electron chi connectivity index (χ2n) is 6.07. The van der Waals surface area contributed by atoms with Crippen LogP contribution in [0.4, 0.5) is 5.69 Å². The Balaban J connectivity index is 2.38. The van der Waals surface area contributed by atoms with Crippen molar-refractivity contribution in [3.05, 3.63) is 59.2 Å². The molecule has 0 amide bonds. The Morgan fingerprint density at radius 1 is 1.25 bits per heavy atom. The fourth-order valence-electron chi connectivity index (χ4n) is 3.22. The van der Waals surface area contributed by atoms with Gasteiger partial charge in [0, 0.05) is 16.1 Å². The lowest BCUT2D eigenvalue weighted by molar-refractivity contribution is -0.147. The van der Waals surface area contributed by atoms with Crippen LogP contribution in [0.15, 0.2) is 48.7 Å². The third-order valence-electron chi connectivity index (χ3n) is 4.43. The highest BCUT2D eigenvalue weighted by Gasteiger charge is 2.47. The number of fused-ring (bicyclic) bond motifs is 1. The molecular weight excluding hydrogens is 326 g/mol. The second kappa shape index (κ2) is 5.83. The summed E-state index contributed by atoms with van der Waals surface area (Å²) in [5.41, 5.74) is 6.51. The Bertz CT molecular complexity index is 902. The van der Waals surface area contributed by atoms with Gasteiger partial charge in [0.05, 0.1) is 11.7 Å². The minimum Gasteiger partial charge on any atom is -0.479 e. The normalized spacial score (nSPS) is 14.0. The van der Waals surface area contributed by atoms with E-state index in [1.165, 1.54) is 0 Å². The van der Waals surface area contributed by atoms with Crippen LogP contribution in [-0.2, 0) is 10.3 Å². The number of carboxylic acids is 1. The first-order chi connectivity index (χ1) is 11.4. The summed E-state index contributed by atoms with van der Waals surface area (Å²) in [7, 11) is 0. The molecule has 24 heavy (non-hydrogen) atoms. The van der Waals surface area contributed by atoms with Crippen LogP contribution in [0.1, 0.15) is 19.4 Å². The summed E-state index contributed by atoms with van der Waals surface area (Å²) in [5, 5.41) is 15.9. The monoisotopic (exact) mass is 343 g/mol. The van der Waals surface area contributed by atoms with Gasteiger partial charge in [-0.05, 0) is 35.7 Å². The maximum absolute atomic E-state index is 12.5. The SMILES string of the molecule is CC(C)C(C(=O)O)(c1ccc(Cl)cc1)n1ncc2c(N)cccc21. The zero-order chi connectivity index (χ0) is 17.5. The van der Waals surface area contributed by atoms with Gasteiger partial charge >= 0.3 is 5.97 Å². The first-order valence-electron chi connectivity index (χ1n) is 7.61. The van der Waals surface area contributed by atoms with Crippen molar-refractivity contribution in [2.24, 2.45) is 5.92 Å². The number of aromatic nitrogens is 2. The zero-order valence-electron chi connectivity index (χ0n) is 13.4. The Morgan fingerprint density at radius 3 is 2.50 bits per heavy atom. The molecule has 3 rings (SSSR count). The number of nitrogens with two attached hydrogens (primary N) is 1. The second-order valence-corrected chi connectivity index (χ2v) is 6.51. The molecule has 0 spiro atoms. The molecule has 1 heterocycles. The maximum Gasteiger partial charge on any atom is 0.336 e. The molecule has 0 aliphatic rings. The van der Waals surface area contributed by atoms with Gasteiger partial charge in [-0.15, -0.1) is 0 Å². The van der Waals surface area contributed by atoms with Gasteiger partial charge in [-0.3, -0.25) is 0 Å². The molecule has 2 aromatic carbocycles. The summed E-state index contributed by atoms with van der Waals surface area (Å²) in [6.07, 6.45) is 1.61. The maximum atomic E-state index is 12.5. The Morgan fingerprint density at radius 2 is 1.92 bits per heavy atom. The van der Waals surface area contributed by atoms with Crippen molar-refractivity contribution in [3.8, 4) is 0 Å². The molecule has 6 heteroatoms. The standard InChI is InChI=1S/C18H18ClN3O2/c1-11(2)18(17(23)24,12-6-8-13(19)9-7-12)22-16-5-3-4-15(20)14(16)10-21-22/h3-11H,20H2,1-2H3,(H,23,24). The van der Waals surface area contributed by atoms with Crippen molar-refractivity contribution in [1.82, 2.24) is 9.78 Å². The Labute approximate surface area is 144 Å². The van der Waals surface area contributed by atoms with E-state index in [0.29, 0.717) is 21.8 Å². The number of nitrogens with zero attached hydrogens (tertiary/aromatic N) is 2. The van der Waals surface area contributed by atoms with Gasteiger partial charge in [0.15, 0.2) is 5.54 Å². The highest BCUT2D eigenvalue weighted by Crippen LogP contribution is 2.38. The number of hydrogen-bond acceptors (Lipinski definition) is 3. The molecule has 1 aromatic heterocycles. The van der Waals surface area contributed by atoms with Crippen LogP contribution in [0.25, 0.3) is 10.9 Å². The molecule has 3 aromatic rings. The number of hydrogen-bond donors (Lipinski definition) is 2. The van der Waals surface area contributed by atoms with Gasteiger partial charge in [0.2, 0.25) is 0 Å². The van der Waals surface area contributed by atoms with Crippen LogP contribution in [0, 0.1) is 5.92 Å². The van der Waals surface area contributed by atoms with E-state index in [2.05, 4.69) is 5.10 Å². The van der Waals surface area contributed by atoms with E-state index >= 15 is 0 Å². The molecule has 0 aliphatic heterocycles. The van der Waals surface area contributed by atoms with Crippen molar-refractivity contribution >= 4 is 34.2 Å². The molecule has 0 fully saturated rings. The third-order valence-corrected chi connectivity index (χ3v) is 4.68. The van der Waals surface area contributed by atoms with Gasteiger partial charge in [-0.1, -0.05) is 43.6 Å². The van der Waals surface area contributed by atoms with E-state index < -0.39 is 11.5 Å². The largest absolute Gasteiger partial charge is 0.479 e. The number of nitrogen functional groups attached to an aromatic ring is 1. The number of carbonyl (C=O) groups is 1. The van der Waals surface area contributed by atoms with Crippen LogP contribution in [0.3, 0.4) is 0 Å². The summed E-state index contributed by atoms with van der Waals surface area (Å²) in [4.78, 5) is 12.5. The predicted octanol–water partition coefficient (Wildman–Crippen LogP) is 3.76. The molecule has 0 radical (unpaired) electrons. The summed E-state index contributed by atoms with van der Waals surface area (Å²) in [6, 6.07) is 12.2. The van der Waals surface area contributed by atoms with E-state index in [9.17, 15) is 9.90 Å². The molecule has 1 unspecified atom stereocenters. The van der Waals surface area contributed by atoms with E-state index in [1.54, 1.807) is 47.3 Å². The van der Waals surface area contributed by atoms with Gasteiger partial charge in [-0.2, -0.15) is 5.10 Å². The predicted molar refractivity (Wildman–Crippen MR) is 95.1 cm³/mol. The molecule has 5 nitrogen and oxygen atoms in total. The lowest BCUT2D eigenvalue weighted by Crippen LogP contribution is -2.48. The average Bonchev–Trinajstić information content (AvgIpc) is 2.95. The fourth-order valence-corrected chi connectivity index (χ4v) is 3.35. The highest BCUT2D eigenvalue weighted by molar-refractivity contribution is 6.30. The fraction of sp³-hybridized carbons (Fsp3) is 0.222. The van der Waals surface area contributed by atoms with Crippen LogP contribution in [0.2, 0.25) is 5.02 Å². The molecule has 3 N–H and O–H groups in total. The molecular formula is C18H18ClN3O2. The lowest BCUT2D eigenvalue weighted by atomic mass is 9.79. The molecule has 0 saturated carbocycles. The lowest BCUT2D eigenvalue weighted by Gasteiger charge is -2.35. The molecule has 0 aliphatic carbocycles. The van der Waals surface area contributed by atoms with Crippen LogP contribution < -0.4 is 5.73 Å². The summed E-state index contributed by atoms with van der Waals surface area (Å²) in [5.74, 6) is -1.24. The molecule has 124 valence electrons. The number of aliphatic carboxylic acids is 1. The Hall–Kier alpha value is -2.53. The van der Waals surface area contributed by atoms with Crippen LogP contribution in [-0.4, -0.2) is 20.9 Å². The average molecular weight is 344 g/mol. The summed E-state index contributed by atoms with van der Waals surface area (Å²) < 4.78 is 1.55. The number of halogens is 1. The van der Waals surface area contributed by atoms with Gasteiger partial charge in [0.1, 0.15) is 0 Å². The van der Waals surface area contributed by atoms with E-state index in [-0.39, 0.29) is 5.92 Å². The topological polar surface area (TPSA) is 81.1 Å². The molecule has 0 saturated heterocycles. The number of carboxylic acid groups (broad SMARTS) is 1. The van der Waals surface area contributed by atoms with Gasteiger partial charge in [0.25, 0.3) is 0 Å². The molecule has 0 bridgehead atoms. The first kappa shape index (κ1) is 16.3. The van der Waals surface area contributed by atoms with E-state index in [0.717, 1.165) is 5.39 Å². The van der Waals surface area contributed by atoms with Gasteiger partial charge in [-0.25, -0.2) is 9.48 Å². The smallest absolute Gasteiger partial charge is 0.336 e. The van der Waals surface area contributed by atoms with Crippen molar-refractivity contribution in [3.63, 3.8) is 0 Å². The summed E-state index contributed by atoms with van der Waals surface area (Å²) >= 11 is 5.98. The number of anilines is 1. The first-order valence-corrected chi connectivity index (χ1v) is 7.99. The highest BCUT2D eigenvalue weighted by atomic mass is 35.5. The zero-order valence-corrected chi connectivity index (χ0v) is 14.2. The van der Waals surface area contributed by atoms with Crippen molar-refractivity contribution < 1.29 is 9.90 Å². The quantitative estimate of drug-likeness (QED) is 0.707. The Kier molecular flexibility index (Phi) is 3.97. The number of rotatable bonds is 4.